The van der Waals surface area contributed by atoms with Crippen molar-refractivity contribution in [3.63, 3.8) is 0 Å². The smallest absolute Gasteiger partial charge is 0.142 e. The summed E-state index contributed by atoms with van der Waals surface area (Å²) < 4.78 is 0. The Labute approximate surface area is 92.2 Å². The number of nitrogens with zero attached hydrogens (tertiary/aromatic N) is 2. The zero-order valence-corrected chi connectivity index (χ0v) is 9.95. The summed E-state index contributed by atoms with van der Waals surface area (Å²) in [5.41, 5.74) is 0. The molecular formula is C11H13BrN2. The van der Waals surface area contributed by atoms with Crippen molar-refractivity contribution in [3.8, 4) is 0 Å². The molecule has 1 unspecified atom stereocenters. The Bertz CT molecular complexity index is 435. The number of rotatable bonds is 2. The van der Waals surface area contributed by atoms with Gasteiger partial charge in [0.1, 0.15) is 5.82 Å². The molecule has 0 saturated heterocycles. The van der Waals surface area contributed by atoms with E-state index < -0.39 is 0 Å². The van der Waals surface area contributed by atoms with Gasteiger partial charge in [-0.25, -0.2) is 9.97 Å². The Hall–Kier alpha value is -0.960. The van der Waals surface area contributed by atoms with Crippen LogP contribution in [-0.4, -0.2) is 9.97 Å². The van der Waals surface area contributed by atoms with E-state index in [9.17, 15) is 0 Å². The fourth-order valence-electron chi connectivity index (χ4n) is 1.10. The molecule has 0 saturated carbocycles. The zero-order valence-electron chi connectivity index (χ0n) is 8.37. The molecule has 0 bridgehead atoms. The van der Waals surface area contributed by atoms with Crippen LogP contribution in [0.1, 0.15) is 24.5 Å². The number of allylic oxidation sites excluding steroid dienone is 1. The SMILES string of the molecule is C=C/C=c1/cnc(C(C)Br)n/c1=C/C. The second-order valence-corrected chi connectivity index (χ2v) is 4.25. The maximum atomic E-state index is 4.42. The van der Waals surface area contributed by atoms with Gasteiger partial charge in [0.2, 0.25) is 0 Å². The van der Waals surface area contributed by atoms with Gasteiger partial charge < -0.3 is 0 Å². The molecule has 1 aromatic heterocycles. The summed E-state index contributed by atoms with van der Waals surface area (Å²) in [7, 11) is 0. The Morgan fingerprint density at radius 2 is 2.29 bits per heavy atom. The highest BCUT2D eigenvalue weighted by atomic mass is 79.9. The highest BCUT2D eigenvalue weighted by Crippen LogP contribution is 2.14. The van der Waals surface area contributed by atoms with Crippen LogP contribution in [0, 0.1) is 0 Å². The quantitative estimate of drug-likeness (QED) is 0.750. The molecule has 0 radical (unpaired) electrons. The van der Waals surface area contributed by atoms with E-state index in [4.69, 9.17) is 0 Å². The Morgan fingerprint density at radius 1 is 1.57 bits per heavy atom. The van der Waals surface area contributed by atoms with Crippen molar-refractivity contribution >= 4 is 28.1 Å². The predicted octanol–water partition coefficient (Wildman–Crippen LogP) is 1.70. The molecule has 0 fully saturated rings. The Balaban J connectivity index is 3.41. The van der Waals surface area contributed by atoms with Gasteiger partial charge in [-0.2, -0.15) is 0 Å². The van der Waals surface area contributed by atoms with Gasteiger partial charge in [-0.05, 0) is 13.8 Å². The highest BCUT2D eigenvalue weighted by molar-refractivity contribution is 9.09. The van der Waals surface area contributed by atoms with Crippen molar-refractivity contribution in [2.45, 2.75) is 18.7 Å². The normalized spacial score (nSPS) is 15.6. The van der Waals surface area contributed by atoms with E-state index in [2.05, 4.69) is 32.5 Å². The molecular weight excluding hydrogens is 240 g/mol. The van der Waals surface area contributed by atoms with E-state index in [0.717, 1.165) is 16.4 Å². The van der Waals surface area contributed by atoms with Crippen LogP contribution >= 0.6 is 15.9 Å². The third kappa shape index (κ3) is 2.51. The lowest BCUT2D eigenvalue weighted by atomic mass is 10.3. The van der Waals surface area contributed by atoms with E-state index in [1.807, 2.05) is 32.2 Å². The van der Waals surface area contributed by atoms with E-state index >= 15 is 0 Å². The number of halogens is 1. The molecule has 74 valence electrons. The average Bonchev–Trinajstić information content (AvgIpc) is 2.18. The Kier molecular flexibility index (Phi) is 4.01. The molecule has 0 amide bonds. The van der Waals surface area contributed by atoms with Crippen LogP contribution in [-0.2, 0) is 0 Å². The fraction of sp³-hybridized carbons (Fsp3) is 0.273. The minimum Gasteiger partial charge on any atom is -0.240 e. The molecule has 1 atom stereocenters. The number of hydrogen-bond acceptors (Lipinski definition) is 2. The lowest BCUT2D eigenvalue weighted by Gasteiger charge is -2.00. The van der Waals surface area contributed by atoms with Gasteiger partial charge in [-0.3, -0.25) is 0 Å². The van der Waals surface area contributed by atoms with Crippen LogP contribution in [0.3, 0.4) is 0 Å². The van der Waals surface area contributed by atoms with Crippen LogP contribution in [0.25, 0.3) is 12.2 Å². The van der Waals surface area contributed by atoms with Crippen molar-refractivity contribution in [2.75, 3.05) is 0 Å². The molecule has 0 N–H and O–H groups in total. The minimum atomic E-state index is 0.180. The number of alkyl halides is 1. The lowest BCUT2D eigenvalue weighted by molar-refractivity contribution is 0.906. The molecule has 1 heterocycles. The minimum absolute atomic E-state index is 0.180. The monoisotopic (exact) mass is 252 g/mol. The highest BCUT2D eigenvalue weighted by Gasteiger charge is 2.02. The van der Waals surface area contributed by atoms with Gasteiger partial charge in [0.05, 0.1) is 10.2 Å². The summed E-state index contributed by atoms with van der Waals surface area (Å²) in [5, 5.41) is 1.95. The van der Waals surface area contributed by atoms with Crippen molar-refractivity contribution in [1.29, 1.82) is 0 Å². The summed E-state index contributed by atoms with van der Waals surface area (Å²) in [6, 6.07) is 0. The van der Waals surface area contributed by atoms with Gasteiger partial charge in [0, 0.05) is 11.4 Å². The first-order valence-corrected chi connectivity index (χ1v) is 5.36. The summed E-state index contributed by atoms with van der Waals surface area (Å²) >= 11 is 3.44. The topological polar surface area (TPSA) is 25.8 Å². The van der Waals surface area contributed by atoms with Crippen LogP contribution in [0.5, 0.6) is 0 Å². The molecule has 2 nitrogen and oxygen atoms in total. The van der Waals surface area contributed by atoms with Crippen LogP contribution in [0.15, 0.2) is 18.9 Å². The van der Waals surface area contributed by atoms with Gasteiger partial charge in [0.25, 0.3) is 0 Å². The van der Waals surface area contributed by atoms with Crippen molar-refractivity contribution in [1.82, 2.24) is 9.97 Å². The first-order valence-electron chi connectivity index (χ1n) is 4.45. The molecule has 0 spiro atoms. The largest absolute Gasteiger partial charge is 0.240 e. The second kappa shape index (κ2) is 5.05. The van der Waals surface area contributed by atoms with E-state index in [-0.39, 0.29) is 4.83 Å². The summed E-state index contributed by atoms with van der Waals surface area (Å²) in [6.45, 7) is 7.62. The van der Waals surface area contributed by atoms with Crippen molar-refractivity contribution < 1.29 is 0 Å². The van der Waals surface area contributed by atoms with Crippen molar-refractivity contribution in [2.24, 2.45) is 0 Å². The number of aromatic nitrogens is 2. The van der Waals surface area contributed by atoms with Crippen LogP contribution in [0.4, 0.5) is 0 Å². The maximum Gasteiger partial charge on any atom is 0.142 e. The Morgan fingerprint density at radius 3 is 2.79 bits per heavy atom. The first-order chi connectivity index (χ1) is 6.69. The summed E-state index contributed by atoms with van der Waals surface area (Å²) in [4.78, 5) is 8.84. The predicted molar refractivity (Wildman–Crippen MR) is 63.4 cm³/mol. The first kappa shape index (κ1) is 11.1. The van der Waals surface area contributed by atoms with E-state index in [1.54, 1.807) is 6.08 Å². The fourth-order valence-corrected chi connectivity index (χ4v) is 1.32. The van der Waals surface area contributed by atoms with Crippen LogP contribution < -0.4 is 10.6 Å². The molecule has 1 aromatic rings. The van der Waals surface area contributed by atoms with Crippen molar-refractivity contribution in [3.05, 3.63) is 35.2 Å². The van der Waals surface area contributed by atoms with Gasteiger partial charge >= 0.3 is 0 Å². The molecule has 3 heteroatoms. The third-order valence-corrected chi connectivity index (χ3v) is 2.20. The van der Waals surface area contributed by atoms with Crippen LogP contribution in [0.2, 0.25) is 0 Å². The van der Waals surface area contributed by atoms with Gasteiger partial charge in [-0.15, -0.1) is 0 Å². The second-order valence-electron chi connectivity index (χ2n) is 2.88. The molecule has 0 aliphatic heterocycles. The zero-order chi connectivity index (χ0) is 10.6. The molecule has 0 aliphatic carbocycles. The summed E-state index contributed by atoms with van der Waals surface area (Å²) in [6.07, 6.45) is 7.42. The molecule has 0 aromatic carbocycles. The standard InChI is InChI=1S/C11H13BrN2/c1-4-6-9-7-13-11(8(3)12)14-10(9)5-2/h4-8H,1H2,2-3H3/b9-6-,10-5+. The molecule has 0 aliphatic rings. The van der Waals surface area contributed by atoms with Gasteiger partial charge in [-0.1, -0.05) is 40.7 Å². The van der Waals surface area contributed by atoms with E-state index in [1.165, 1.54) is 0 Å². The third-order valence-electron chi connectivity index (χ3n) is 1.79. The van der Waals surface area contributed by atoms with Gasteiger partial charge in [0.15, 0.2) is 0 Å². The van der Waals surface area contributed by atoms with E-state index in [0.29, 0.717) is 0 Å². The summed E-state index contributed by atoms with van der Waals surface area (Å²) in [5.74, 6) is 0.805. The lowest BCUT2D eigenvalue weighted by Crippen LogP contribution is -2.30. The average molecular weight is 253 g/mol. The molecule has 1 rings (SSSR count). The molecule has 14 heavy (non-hydrogen) atoms. The number of hydrogen-bond donors (Lipinski definition) is 0. The maximum absolute atomic E-state index is 4.42.